The number of aromatic nitrogens is 1. The lowest BCUT2D eigenvalue weighted by atomic mass is 9.47. The van der Waals surface area contributed by atoms with Gasteiger partial charge >= 0.3 is 0 Å². The van der Waals surface area contributed by atoms with Gasteiger partial charge in [0.2, 0.25) is 11.8 Å². The van der Waals surface area contributed by atoms with Crippen molar-refractivity contribution in [2.45, 2.75) is 71.4 Å². The molecule has 1 aromatic heterocycles. The summed E-state index contributed by atoms with van der Waals surface area (Å²) in [6, 6.07) is 6.14. The maximum atomic E-state index is 12.8. The molecule has 3 saturated carbocycles. The number of hydrogen-bond donors (Lipinski definition) is 1. The third-order valence-corrected chi connectivity index (χ3v) is 9.95. The molecule has 0 saturated heterocycles. The zero-order chi connectivity index (χ0) is 22.5. The van der Waals surface area contributed by atoms with Gasteiger partial charge in [-0.3, -0.25) is 14.6 Å². The second-order valence-corrected chi connectivity index (χ2v) is 11.2. The van der Waals surface area contributed by atoms with Crippen LogP contribution in [0, 0.1) is 34.5 Å². The molecule has 0 radical (unpaired) electrons. The fraction of sp³-hybridized carbons (Fsp3) is 0.667. The summed E-state index contributed by atoms with van der Waals surface area (Å²) < 4.78 is 0. The summed E-state index contributed by atoms with van der Waals surface area (Å²) >= 11 is 0. The molecule has 5 heteroatoms. The number of nitrogens with one attached hydrogen (secondary N) is 1. The Balaban J connectivity index is 1.27. The van der Waals surface area contributed by atoms with Crippen molar-refractivity contribution in [1.29, 1.82) is 0 Å². The van der Waals surface area contributed by atoms with Crippen LogP contribution >= 0.6 is 0 Å². The Morgan fingerprint density at radius 3 is 2.78 bits per heavy atom. The van der Waals surface area contributed by atoms with Crippen molar-refractivity contribution in [2.24, 2.45) is 34.5 Å². The molecule has 172 valence electrons. The van der Waals surface area contributed by atoms with E-state index in [9.17, 15) is 9.59 Å². The topological polar surface area (TPSA) is 62.3 Å². The number of nitrogens with zero attached hydrogens (tertiary/aromatic N) is 2. The summed E-state index contributed by atoms with van der Waals surface area (Å²) in [4.78, 5) is 31.4. The molecule has 2 unspecified atom stereocenters. The van der Waals surface area contributed by atoms with Crippen molar-refractivity contribution >= 4 is 11.8 Å². The molecule has 0 aromatic carbocycles. The van der Waals surface area contributed by atoms with Crippen LogP contribution < -0.4 is 5.32 Å². The van der Waals surface area contributed by atoms with Crippen LogP contribution in [0.5, 0.6) is 0 Å². The first-order chi connectivity index (χ1) is 15.3. The van der Waals surface area contributed by atoms with E-state index in [1.165, 1.54) is 25.7 Å². The second-order valence-electron chi connectivity index (χ2n) is 11.2. The minimum Gasteiger partial charge on any atom is -0.350 e. The molecule has 3 aliphatic carbocycles. The zero-order valence-electron chi connectivity index (χ0n) is 19.7. The predicted molar refractivity (Wildman–Crippen MR) is 124 cm³/mol. The van der Waals surface area contributed by atoms with Gasteiger partial charge in [0, 0.05) is 31.1 Å². The van der Waals surface area contributed by atoms with Crippen LogP contribution in [0.15, 0.2) is 36.5 Å². The Bertz CT molecular complexity index is 915. The highest BCUT2D eigenvalue weighted by molar-refractivity contribution is 5.89. The molecule has 1 N–H and O–H groups in total. The van der Waals surface area contributed by atoms with Crippen molar-refractivity contribution in [3.63, 3.8) is 0 Å². The largest absolute Gasteiger partial charge is 0.350 e. The molecule has 1 aliphatic heterocycles. The van der Waals surface area contributed by atoms with Crippen LogP contribution in [0.4, 0.5) is 0 Å². The predicted octanol–water partition coefficient (Wildman–Crippen LogP) is 4.34. The van der Waals surface area contributed by atoms with Gasteiger partial charge in [-0.15, -0.1) is 0 Å². The Morgan fingerprint density at radius 2 is 2.00 bits per heavy atom. The minimum atomic E-state index is 0.0883. The molecule has 2 amide bonds. The first-order valence-corrected chi connectivity index (χ1v) is 12.5. The van der Waals surface area contributed by atoms with Gasteiger partial charge in [-0.05, 0) is 85.8 Å². The van der Waals surface area contributed by atoms with E-state index in [1.807, 2.05) is 36.2 Å². The van der Waals surface area contributed by atoms with E-state index in [0.29, 0.717) is 42.7 Å². The highest BCUT2D eigenvalue weighted by Crippen LogP contribution is 2.65. The van der Waals surface area contributed by atoms with Gasteiger partial charge in [0.25, 0.3) is 0 Å². The van der Waals surface area contributed by atoms with Crippen LogP contribution in [0.3, 0.4) is 0 Å². The highest BCUT2D eigenvalue weighted by Gasteiger charge is 2.60. The second kappa shape index (κ2) is 8.00. The average Bonchev–Trinajstić information content (AvgIpc) is 3.12. The van der Waals surface area contributed by atoms with Gasteiger partial charge in [0.1, 0.15) is 0 Å². The summed E-state index contributed by atoms with van der Waals surface area (Å²) in [7, 11) is 1.98. The molecular weight excluding hydrogens is 398 g/mol. The van der Waals surface area contributed by atoms with E-state index >= 15 is 0 Å². The standard InChI is InChI=1S/C27H37N3O2/c1-26-13-11-22-20(8-10-23-27(22,2)14-12-25(32)30(23)3)21(26)9-7-18(26)16-24(31)29-17-19-6-4-5-15-28-19/h4-6,12,14-15,18,20-23H,7-11,13,16-17H2,1-3H3,(H,29,31)/t18-,20?,21+,22?,23-,26-,27-/m1/s1. The van der Waals surface area contributed by atoms with Gasteiger partial charge in [0.15, 0.2) is 0 Å². The summed E-state index contributed by atoms with van der Waals surface area (Å²) in [6.07, 6.45) is 13.6. The Morgan fingerprint density at radius 1 is 1.16 bits per heavy atom. The van der Waals surface area contributed by atoms with E-state index in [4.69, 9.17) is 0 Å². The van der Waals surface area contributed by atoms with Gasteiger partial charge in [-0.25, -0.2) is 0 Å². The molecule has 0 bridgehead atoms. The van der Waals surface area contributed by atoms with E-state index < -0.39 is 0 Å². The summed E-state index contributed by atoms with van der Waals surface area (Å²) in [6.45, 7) is 5.38. The molecule has 5 nitrogen and oxygen atoms in total. The third kappa shape index (κ3) is 3.39. The number of amides is 2. The smallest absolute Gasteiger partial charge is 0.246 e. The molecule has 0 spiro atoms. The molecular formula is C27H37N3O2. The number of rotatable bonds is 4. The SMILES string of the molecule is CN1C(=O)C=C[C@]2(C)C3CC[C@]4(C)[C@@H](CC(=O)NCc5ccccn5)CC[C@H]4C3CC[C@@H]12. The highest BCUT2D eigenvalue weighted by atomic mass is 16.2. The molecule has 7 atom stereocenters. The zero-order valence-corrected chi connectivity index (χ0v) is 19.7. The van der Waals surface area contributed by atoms with Gasteiger partial charge in [0.05, 0.1) is 12.2 Å². The minimum absolute atomic E-state index is 0.0883. The lowest BCUT2D eigenvalue weighted by molar-refractivity contribution is -0.139. The molecule has 2 heterocycles. The number of pyridine rings is 1. The molecule has 1 aromatic rings. The van der Waals surface area contributed by atoms with Crippen LogP contribution in [-0.4, -0.2) is 34.8 Å². The quantitative estimate of drug-likeness (QED) is 0.765. The van der Waals surface area contributed by atoms with Crippen LogP contribution in [0.1, 0.15) is 64.5 Å². The van der Waals surface area contributed by atoms with Crippen LogP contribution in [-0.2, 0) is 16.1 Å². The van der Waals surface area contributed by atoms with Gasteiger partial charge in [-0.2, -0.15) is 0 Å². The van der Waals surface area contributed by atoms with Crippen molar-refractivity contribution in [3.8, 4) is 0 Å². The van der Waals surface area contributed by atoms with Gasteiger partial charge < -0.3 is 10.2 Å². The van der Waals surface area contributed by atoms with E-state index in [-0.39, 0.29) is 22.6 Å². The third-order valence-electron chi connectivity index (χ3n) is 9.95. The number of fused-ring (bicyclic) bond motifs is 5. The van der Waals surface area contributed by atoms with Gasteiger partial charge in [-0.1, -0.05) is 26.0 Å². The maximum Gasteiger partial charge on any atom is 0.246 e. The Kier molecular flexibility index (Phi) is 5.42. The summed E-state index contributed by atoms with van der Waals surface area (Å²) in [5.74, 6) is 2.84. The summed E-state index contributed by atoms with van der Waals surface area (Å²) in [5.41, 5.74) is 1.25. The molecule has 4 aliphatic rings. The van der Waals surface area contributed by atoms with Crippen molar-refractivity contribution in [1.82, 2.24) is 15.2 Å². The van der Waals surface area contributed by atoms with Crippen LogP contribution in [0.25, 0.3) is 0 Å². The fourth-order valence-corrected chi connectivity index (χ4v) is 8.17. The Labute approximate surface area is 192 Å². The maximum absolute atomic E-state index is 12.8. The number of hydrogen-bond acceptors (Lipinski definition) is 3. The number of carbonyl (C=O) groups excluding carboxylic acids is 2. The lowest BCUT2D eigenvalue weighted by Crippen LogP contribution is -2.59. The van der Waals surface area contributed by atoms with E-state index in [2.05, 4.69) is 30.2 Å². The normalized spacial score (nSPS) is 40.4. The molecule has 32 heavy (non-hydrogen) atoms. The Hall–Kier alpha value is -2.17. The van der Waals surface area contributed by atoms with Crippen LogP contribution in [0.2, 0.25) is 0 Å². The monoisotopic (exact) mass is 435 g/mol. The average molecular weight is 436 g/mol. The molecule has 3 fully saturated rings. The summed E-state index contributed by atoms with van der Waals surface area (Å²) in [5, 5.41) is 3.10. The van der Waals surface area contributed by atoms with Crippen molar-refractivity contribution in [3.05, 3.63) is 42.2 Å². The van der Waals surface area contributed by atoms with Crippen molar-refractivity contribution in [2.75, 3.05) is 7.05 Å². The number of carbonyl (C=O) groups is 2. The van der Waals surface area contributed by atoms with Crippen molar-refractivity contribution < 1.29 is 9.59 Å². The first-order valence-electron chi connectivity index (χ1n) is 12.5. The van der Waals surface area contributed by atoms with E-state index in [0.717, 1.165) is 18.5 Å². The first kappa shape index (κ1) is 21.7. The lowest BCUT2D eigenvalue weighted by Gasteiger charge is -2.60. The fourth-order valence-electron chi connectivity index (χ4n) is 8.17. The molecule has 5 rings (SSSR count). The number of likely N-dealkylation sites (N-methyl/N-ethyl adjacent to an activating group) is 1. The van der Waals surface area contributed by atoms with E-state index in [1.54, 1.807) is 6.20 Å².